The molecule has 7 heteroatoms. The molecule has 4 N–H and O–H groups in total. The molecule has 0 radical (unpaired) electrons. The lowest BCUT2D eigenvalue weighted by atomic mass is 10.0. The first-order valence-electron chi connectivity index (χ1n) is 14.9. The molecule has 0 saturated heterocycles. The van der Waals surface area contributed by atoms with Gasteiger partial charge in [-0.1, -0.05) is 97.8 Å². The normalized spacial score (nSPS) is 11.9. The Balaban J connectivity index is 4.10. The van der Waals surface area contributed by atoms with Crippen molar-refractivity contribution in [2.24, 2.45) is 11.7 Å². The number of carbonyl (C=O) groups is 3. The van der Waals surface area contributed by atoms with E-state index in [2.05, 4.69) is 17.6 Å². The van der Waals surface area contributed by atoms with Crippen LogP contribution in [0.15, 0.2) is 0 Å². The van der Waals surface area contributed by atoms with E-state index >= 15 is 0 Å². The minimum Gasteiger partial charge on any atom is -0.356 e. The van der Waals surface area contributed by atoms with Crippen LogP contribution < -0.4 is 16.4 Å². The van der Waals surface area contributed by atoms with Crippen LogP contribution in [0.25, 0.3) is 0 Å². The van der Waals surface area contributed by atoms with Crippen LogP contribution >= 0.6 is 0 Å². The van der Waals surface area contributed by atoms with Crippen molar-refractivity contribution >= 4 is 17.7 Å². The van der Waals surface area contributed by atoms with E-state index in [4.69, 9.17) is 5.73 Å². The maximum absolute atomic E-state index is 12.8. The molecule has 36 heavy (non-hydrogen) atoms. The van der Waals surface area contributed by atoms with Crippen molar-refractivity contribution in [3.05, 3.63) is 0 Å². The zero-order valence-electron chi connectivity index (χ0n) is 24.0. The lowest BCUT2D eigenvalue weighted by Gasteiger charge is -2.23. The van der Waals surface area contributed by atoms with Crippen molar-refractivity contribution in [3.63, 3.8) is 0 Å². The van der Waals surface area contributed by atoms with Gasteiger partial charge in [0.25, 0.3) is 0 Å². The molecule has 0 bridgehead atoms. The first-order valence-corrected chi connectivity index (χ1v) is 14.9. The van der Waals surface area contributed by atoms with Crippen LogP contribution in [0, 0.1) is 5.92 Å². The lowest BCUT2D eigenvalue weighted by Crippen LogP contribution is -2.40. The third-order valence-electron chi connectivity index (χ3n) is 6.59. The van der Waals surface area contributed by atoms with Crippen molar-refractivity contribution in [1.29, 1.82) is 0 Å². The standard InChI is InChI=1S/C29H58N4O3/c1-5-6-7-8-9-10-11-12-13-14-15-16-17-20-27(34)33(23-18-21-31-28(35)25(2)3)24-19-22-32-29(36)26(4)30/h25-26H,5-24,30H2,1-4H3,(H,31,35)(H,32,36)/t26-/m0/s1. The zero-order valence-corrected chi connectivity index (χ0v) is 24.0. The summed E-state index contributed by atoms with van der Waals surface area (Å²) in [6.07, 6.45) is 18.8. The summed E-state index contributed by atoms with van der Waals surface area (Å²) >= 11 is 0. The lowest BCUT2D eigenvalue weighted by molar-refractivity contribution is -0.131. The monoisotopic (exact) mass is 510 g/mol. The molecule has 0 fully saturated rings. The van der Waals surface area contributed by atoms with E-state index in [-0.39, 0.29) is 23.6 Å². The average molecular weight is 511 g/mol. The third-order valence-corrected chi connectivity index (χ3v) is 6.59. The van der Waals surface area contributed by atoms with Crippen LogP contribution in [-0.4, -0.2) is 54.8 Å². The molecule has 1 atom stereocenters. The van der Waals surface area contributed by atoms with Gasteiger partial charge in [-0.25, -0.2) is 0 Å². The van der Waals surface area contributed by atoms with Crippen LogP contribution in [0.4, 0.5) is 0 Å². The predicted octanol–water partition coefficient (Wildman–Crippen LogP) is 5.31. The smallest absolute Gasteiger partial charge is 0.236 e. The van der Waals surface area contributed by atoms with Crippen LogP contribution in [-0.2, 0) is 14.4 Å². The second-order valence-electron chi connectivity index (χ2n) is 10.6. The zero-order chi connectivity index (χ0) is 27.0. The summed E-state index contributed by atoms with van der Waals surface area (Å²) < 4.78 is 0. The van der Waals surface area contributed by atoms with Gasteiger partial charge in [0, 0.05) is 38.5 Å². The van der Waals surface area contributed by atoms with Gasteiger partial charge in [-0.15, -0.1) is 0 Å². The Hall–Kier alpha value is -1.63. The number of nitrogens with zero attached hydrogens (tertiary/aromatic N) is 1. The van der Waals surface area contributed by atoms with Gasteiger partial charge in [-0.3, -0.25) is 14.4 Å². The molecule has 0 rings (SSSR count). The Labute approximate surface area is 222 Å². The predicted molar refractivity (Wildman–Crippen MR) is 151 cm³/mol. The molecule has 0 aromatic carbocycles. The van der Waals surface area contributed by atoms with E-state index in [1.54, 1.807) is 6.92 Å². The third kappa shape index (κ3) is 20.6. The van der Waals surface area contributed by atoms with Crippen molar-refractivity contribution < 1.29 is 14.4 Å². The van der Waals surface area contributed by atoms with Gasteiger partial charge >= 0.3 is 0 Å². The molecule has 0 aliphatic heterocycles. The van der Waals surface area contributed by atoms with Gasteiger partial charge in [0.2, 0.25) is 17.7 Å². The van der Waals surface area contributed by atoms with E-state index in [9.17, 15) is 14.4 Å². The highest BCUT2D eigenvalue weighted by atomic mass is 16.2. The van der Waals surface area contributed by atoms with Crippen LogP contribution in [0.2, 0.25) is 0 Å². The van der Waals surface area contributed by atoms with E-state index in [0.717, 1.165) is 19.3 Å². The molecule has 0 aliphatic carbocycles. The van der Waals surface area contributed by atoms with Crippen molar-refractivity contribution in [2.75, 3.05) is 26.2 Å². The Morgan fingerprint density at radius 2 is 1.06 bits per heavy atom. The fraction of sp³-hybridized carbons (Fsp3) is 0.897. The molecule has 0 unspecified atom stereocenters. The summed E-state index contributed by atoms with van der Waals surface area (Å²) in [5.41, 5.74) is 5.58. The number of nitrogens with one attached hydrogen (secondary N) is 2. The minimum atomic E-state index is -0.525. The highest BCUT2D eigenvalue weighted by Gasteiger charge is 2.14. The Morgan fingerprint density at radius 1 is 0.639 bits per heavy atom. The van der Waals surface area contributed by atoms with Crippen LogP contribution in [0.1, 0.15) is 130 Å². The first-order chi connectivity index (χ1) is 17.3. The molecule has 0 saturated carbocycles. The largest absolute Gasteiger partial charge is 0.356 e. The molecule has 7 nitrogen and oxygen atoms in total. The van der Waals surface area contributed by atoms with Crippen LogP contribution in [0.5, 0.6) is 0 Å². The topological polar surface area (TPSA) is 105 Å². The maximum atomic E-state index is 12.8. The molecule has 3 amide bonds. The van der Waals surface area contributed by atoms with Crippen molar-refractivity contribution in [2.45, 2.75) is 136 Å². The first kappa shape index (κ1) is 34.4. The van der Waals surface area contributed by atoms with E-state index in [1.807, 2.05) is 18.7 Å². The van der Waals surface area contributed by atoms with Gasteiger partial charge in [0.1, 0.15) is 0 Å². The quantitative estimate of drug-likeness (QED) is 0.153. The Bertz CT molecular complexity index is 539. The van der Waals surface area contributed by atoms with E-state index in [0.29, 0.717) is 39.0 Å². The molecular formula is C29H58N4O3. The Kier molecular flexibility index (Phi) is 22.7. The van der Waals surface area contributed by atoms with Gasteiger partial charge in [-0.2, -0.15) is 0 Å². The summed E-state index contributed by atoms with van der Waals surface area (Å²) in [5.74, 6) is 0.00771. The summed E-state index contributed by atoms with van der Waals surface area (Å²) in [6, 6.07) is -0.525. The number of amides is 3. The number of unbranched alkanes of at least 4 members (excludes halogenated alkanes) is 12. The highest BCUT2D eigenvalue weighted by molar-refractivity contribution is 5.81. The van der Waals surface area contributed by atoms with Crippen molar-refractivity contribution in [1.82, 2.24) is 15.5 Å². The minimum absolute atomic E-state index is 0.0353. The molecule has 212 valence electrons. The van der Waals surface area contributed by atoms with Gasteiger partial charge < -0.3 is 21.3 Å². The molecule has 0 aromatic heterocycles. The van der Waals surface area contributed by atoms with Crippen LogP contribution in [0.3, 0.4) is 0 Å². The van der Waals surface area contributed by atoms with E-state index < -0.39 is 6.04 Å². The second-order valence-corrected chi connectivity index (χ2v) is 10.6. The number of hydrogen-bond donors (Lipinski definition) is 3. The van der Waals surface area contributed by atoms with Gasteiger partial charge in [-0.05, 0) is 26.2 Å². The fourth-order valence-corrected chi connectivity index (χ4v) is 4.14. The van der Waals surface area contributed by atoms with E-state index in [1.165, 1.54) is 70.6 Å². The molecule has 0 heterocycles. The Morgan fingerprint density at radius 3 is 1.47 bits per heavy atom. The summed E-state index contributed by atoms with van der Waals surface area (Å²) in [4.78, 5) is 38.1. The maximum Gasteiger partial charge on any atom is 0.236 e. The SMILES string of the molecule is CCCCCCCCCCCCCCCC(=O)N(CCCNC(=O)C(C)C)CCCNC(=O)[C@H](C)N. The summed E-state index contributed by atoms with van der Waals surface area (Å²) in [7, 11) is 0. The van der Waals surface area contributed by atoms with Crippen molar-refractivity contribution in [3.8, 4) is 0 Å². The number of carbonyl (C=O) groups excluding carboxylic acids is 3. The molecule has 0 aliphatic rings. The fourth-order valence-electron chi connectivity index (χ4n) is 4.14. The summed E-state index contributed by atoms with van der Waals surface area (Å²) in [5, 5.41) is 5.73. The second kappa shape index (κ2) is 23.7. The van der Waals surface area contributed by atoms with Gasteiger partial charge in [0.05, 0.1) is 6.04 Å². The average Bonchev–Trinajstić information content (AvgIpc) is 2.85. The number of rotatable bonds is 24. The highest BCUT2D eigenvalue weighted by Crippen LogP contribution is 2.13. The molecular weight excluding hydrogens is 452 g/mol. The number of hydrogen-bond acceptors (Lipinski definition) is 4. The summed E-state index contributed by atoms with van der Waals surface area (Å²) in [6.45, 7) is 9.97. The molecule has 0 aromatic rings. The van der Waals surface area contributed by atoms with Gasteiger partial charge in [0.15, 0.2) is 0 Å². The number of nitrogens with two attached hydrogens (primary N) is 1. The molecule has 0 spiro atoms.